The first-order valence-electron chi connectivity index (χ1n) is 5.20. The van der Waals surface area contributed by atoms with Crippen molar-refractivity contribution < 1.29 is 9.90 Å². The summed E-state index contributed by atoms with van der Waals surface area (Å²) < 4.78 is 0. The van der Waals surface area contributed by atoms with Crippen molar-refractivity contribution in [3.8, 4) is 0 Å². The van der Waals surface area contributed by atoms with Gasteiger partial charge >= 0.3 is 5.97 Å². The van der Waals surface area contributed by atoms with Gasteiger partial charge in [0.15, 0.2) is 0 Å². The van der Waals surface area contributed by atoms with E-state index in [0.717, 1.165) is 13.0 Å². The number of carboxylic acids is 1. The maximum Gasteiger partial charge on any atom is 0.317 e. The zero-order chi connectivity index (χ0) is 9.68. The summed E-state index contributed by atoms with van der Waals surface area (Å²) in [6.07, 6.45) is 5.96. The highest BCUT2D eigenvalue weighted by atomic mass is 16.4. The highest BCUT2D eigenvalue weighted by Gasteiger charge is 2.23. The van der Waals surface area contributed by atoms with Crippen molar-refractivity contribution in [1.29, 1.82) is 0 Å². The summed E-state index contributed by atoms with van der Waals surface area (Å²) in [5.74, 6) is -0.694. The first-order chi connectivity index (χ1) is 6.24. The fraction of sp³-hybridized carbons (Fsp3) is 0.900. The highest BCUT2D eigenvalue weighted by molar-refractivity contribution is 5.69. The van der Waals surface area contributed by atoms with E-state index in [1.165, 1.54) is 25.7 Å². The van der Waals surface area contributed by atoms with Gasteiger partial charge in [0.25, 0.3) is 0 Å². The molecule has 0 bridgehead atoms. The van der Waals surface area contributed by atoms with Crippen LogP contribution in [0.15, 0.2) is 0 Å². The Hall–Kier alpha value is -0.570. The van der Waals surface area contributed by atoms with Crippen molar-refractivity contribution in [1.82, 2.24) is 4.90 Å². The molecule has 1 aliphatic carbocycles. The van der Waals surface area contributed by atoms with Crippen molar-refractivity contribution in [2.45, 2.75) is 45.1 Å². The molecule has 0 aliphatic heterocycles. The van der Waals surface area contributed by atoms with Crippen molar-refractivity contribution in [2.24, 2.45) is 0 Å². The summed E-state index contributed by atoms with van der Waals surface area (Å²) in [6.45, 7) is 3.25. The van der Waals surface area contributed by atoms with Crippen LogP contribution in [0.3, 0.4) is 0 Å². The average molecular weight is 185 g/mol. The molecule has 0 unspecified atom stereocenters. The third kappa shape index (κ3) is 3.35. The molecule has 1 saturated carbocycles. The Kier molecular flexibility index (Phi) is 4.22. The minimum Gasteiger partial charge on any atom is -0.480 e. The van der Waals surface area contributed by atoms with E-state index in [1.54, 1.807) is 0 Å². The van der Waals surface area contributed by atoms with Crippen LogP contribution < -0.4 is 0 Å². The predicted molar refractivity (Wildman–Crippen MR) is 51.8 cm³/mol. The Morgan fingerprint density at radius 1 is 1.46 bits per heavy atom. The van der Waals surface area contributed by atoms with E-state index in [0.29, 0.717) is 6.04 Å². The first-order valence-corrected chi connectivity index (χ1v) is 5.20. The summed E-state index contributed by atoms with van der Waals surface area (Å²) in [4.78, 5) is 12.7. The van der Waals surface area contributed by atoms with Gasteiger partial charge in [0.1, 0.15) is 0 Å². The van der Waals surface area contributed by atoms with Crippen LogP contribution in [-0.2, 0) is 4.79 Å². The van der Waals surface area contributed by atoms with Crippen LogP contribution in [0.25, 0.3) is 0 Å². The van der Waals surface area contributed by atoms with E-state index in [4.69, 9.17) is 5.11 Å². The molecular formula is C10H19NO2. The second-order valence-corrected chi connectivity index (χ2v) is 3.80. The zero-order valence-corrected chi connectivity index (χ0v) is 8.33. The minimum atomic E-state index is -0.694. The van der Waals surface area contributed by atoms with E-state index in [1.807, 2.05) is 0 Å². The lowest BCUT2D eigenvalue weighted by atomic mass is 10.2. The molecule has 0 aromatic heterocycles. The molecule has 0 spiro atoms. The van der Waals surface area contributed by atoms with Crippen molar-refractivity contribution >= 4 is 5.97 Å². The summed E-state index contributed by atoms with van der Waals surface area (Å²) in [7, 11) is 0. The maximum atomic E-state index is 10.6. The van der Waals surface area contributed by atoms with Gasteiger partial charge < -0.3 is 5.11 Å². The van der Waals surface area contributed by atoms with E-state index >= 15 is 0 Å². The van der Waals surface area contributed by atoms with Crippen LogP contribution in [0.2, 0.25) is 0 Å². The van der Waals surface area contributed by atoms with E-state index < -0.39 is 5.97 Å². The van der Waals surface area contributed by atoms with Crippen molar-refractivity contribution in [3.05, 3.63) is 0 Å². The predicted octanol–water partition coefficient (Wildman–Crippen LogP) is 1.73. The molecule has 3 heteroatoms. The molecule has 3 nitrogen and oxygen atoms in total. The van der Waals surface area contributed by atoms with Gasteiger partial charge in [0.05, 0.1) is 6.54 Å². The smallest absolute Gasteiger partial charge is 0.317 e. The fourth-order valence-corrected chi connectivity index (χ4v) is 2.12. The number of carboxylic acid groups (broad SMARTS) is 1. The lowest BCUT2D eigenvalue weighted by molar-refractivity contribution is -0.138. The second kappa shape index (κ2) is 5.22. The quantitative estimate of drug-likeness (QED) is 0.709. The van der Waals surface area contributed by atoms with E-state index in [9.17, 15) is 4.79 Å². The van der Waals surface area contributed by atoms with Gasteiger partial charge in [-0.25, -0.2) is 0 Å². The Morgan fingerprint density at radius 3 is 2.54 bits per heavy atom. The van der Waals surface area contributed by atoms with Crippen LogP contribution in [0.4, 0.5) is 0 Å². The van der Waals surface area contributed by atoms with Crippen LogP contribution >= 0.6 is 0 Å². The molecule has 13 heavy (non-hydrogen) atoms. The van der Waals surface area contributed by atoms with Crippen molar-refractivity contribution in [3.63, 3.8) is 0 Å². The first kappa shape index (κ1) is 10.5. The molecule has 1 fully saturated rings. The van der Waals surface area contributed by atoms with Crippen LogP contribution in [-0.4, -0.2) is 35.1 Å². The fourth-order valence-electron chi connectivity index (χ4n) is 2.12. The molecule has 0 heterocycles. The van der Waals surface area contributed by atoms with Gasteiger partial charge in [0.2, 0.25) is 0 Å². The summed E-state index contributed by atoms with van der Waals surface area (Å²) in [5.41, 5.74) is 0. The second-order valence-electron chi connectivity index (χ2n) is 3.80. The molecular weight excluding hydrogens is 166 g/mol. The summed E-state index contributed by atoms with van der Waals surface area (Å²) in [5, 5.41) is 8.73. The molecule has 0 atom stereocenters. The lowest BCUT2D eigenvalue weighted by Crippen LogP contribution is -2.38. The molecule has 0 aromatic rings. The lowest BCUT2D eigenvalue weighted by Gasteiger charge is -2.26. The van der Waals surface area contributed by atoms with Gasteiger partial charge in [0, 0.05) is 6.04 Å². The maximum absolute atomic E-state index is 10.6. The average Bonchev–Trinajstić information content (AvgIpc) is 2.54. The number of hydrogen-bond donors (Lipinski definition) is 1. The normalized spacial score (nSPS) is 18.3. The van der Waals surface area contributed by atoms with Gasteiger partial charge in [-0.05, 0) is 25.8 Å². The SMILES string of the molecule is CCCN(CC(=O)O)C1CCCC1. The molecule has 0 aromatic carbocycles. The standard InChI is InChI=1S/C10H19NO2/c1-2-7-11(8-10(12)13)9-5-3-4-6-9/h9H,2-8H2,1H3,(H,12,13). The molecule has 1 N–H and O–H groups in total. The topological polar surface area (TPSA) is 40.5 Å². The Morgan fingerprint density at radius 2 is 2.08 bits per heavy atom. The third-order valence-corrected chi connectivity index (χ3v) is 2.69. The summed E-state index contributed by atoms with van der Waals surface area (Å²) in [6, 6.07) is 0.538. The molecule has 0 amide bonds. The number of hydrogen-bond acceptors (Lipinski definition) is 2. The Balaban J connectivity index is 2.39. The van der Waals surface area contributed by atoms with E-state index in [2.05, 4.69) is 11.8 Å². The third-order valence-electron chi connectivity index (χ3n) is 2.69. The molecule has 0 saturated heterocycles. The van der Waals surface area contributed by atoms with Crippen molar-refractivity contribution in [2.75, 3.05) is 13.1 Å². The highest BCUT2D eigenvalue weighted by Crippen LogP contribution is 2.23. The van der Waals surface area contributed by atoms with Gasteiger partial charge in [-0.2, -0.15) is 0 Å². The molecule has 1 aliphatic rings. The van der Waals surface area contributed by atoms with Gasteiger partial charge in [-0.15, -0.1) is 0 Å². The number of carbonyl (C=O) groups is 1. The Bertz CT molecular complexity index is 164. The molecule has 76 valence electrons. The van der Waals surface area contributed by atoms with Crippen LogP contribution in [0, 0.1) is 0 Å². The Labute approximate surface area is 79.7 Å². The van der Waals surface area contributed by atoms with Gasteiger partial charge in [-0.3, -0.25) is 9.69 Å². The largest absolute Gasteiger partial charge is 0.480 e. The number of rotatable bonds is 5. The van der Waals surface area contributed by atoms with Crippen LogP contribution in [0.5, 0.6) is 0 Å². The summed E-state index contributed by atoms with van der Waals surface area (Å²) >= 11 is 0. The molecule has 0 radical (unpaired) electrons. The van der Waals surface area contributed by atoms with E-state index in [-0.39, 0.29) is 6.54 Å². The zero-order valence-electron chi connectivity index (χ0n) is 8.33. The monoisotopic (exact) mass is 185 g/mol. The van der Waals surface area contributed by atoms with Gasteiger partial charge in [-0.1, -0.05) is 19.8 Å². The van der Waals surface area contributed by atoms with Crippen LogP contribution in [0.1, 0.15) is 39.0 Å². The molecule has 1 rings (SSSR count). The minimum absolute atomic E-state index is 0.221. The number of nitrogens with zero attached hydrogens (tertiary/aromatic N) is 1. The number of aliphatic carboxylic acids is 1.